The van der Waals surface area contributed by atoms with Crippen LogP contribution in [-0.4, -0.2) is 28.7 Å². The van der Waals surface area contributed by atoms with E-state index in [9.17, 15) is 4.79 Å². The zero-order chi connectivity index (χ0) is 15.4. The molecule has 0 radical (unpaired) electrons. The van der Waals surface area contributed by atoms with Gasteiger partial charge in [-0.05, 0) is 50.6 Å². The van der Waals surface area contributed by atoms with Crippen molar-refractivity contribution < 1.29 is 9.90 Å². The summed E-state index contributed by atoms with van der Waals surface area (Å²) >= 11 is 5.91. The summed E-state index contributed by atoms with van der Waals surface area (Å²) in [5, 5.41) is 12.2. The van der Waals surface area contributed by atoms with E-state index in [-0.39, 0.29) is 12.5 Å². The number of aromatic nitrogens is 1. The van der Waals surface area contributed by atoms with Crippen molar-refractivity contribution in [3.63, 3.8) is 0 Å². The number of carbonyl (C=O) groups excluding carboxylic acids is 1. The maximum Gasteiger partial charge on any atom is 0.253 e. The fourth-order valence-corrected chi connectivity index (χ4v) is 2.48. The van der Waals surface area contributed by atoms with E-state index < -0.39 is 0 Å². The first-order valence-corrected chi connectivity index (χ1v) is 7.26. The number of hydrogen-bond donors (Lipinski definition) is 2. The zero-order valence-electron chi connectivity index (χ0n) is 12.2. The normalized spacial score (nSPS) is 10.7. The van der Waals surface area contributed by atoms with Crippen molar-refractivity contribution in [2.45, 2.75) is 20.3 Å². The Morgan fingerprint density at radius 2 is 1.95 bits per heavy atom. The lowest BCUT2D eigenvalue weighted by atomic mass is 10.2. The molecule has 0 aliphatic heterocycles. The van der Waals surface area contributed by atoms with E-state index in [1.165, 1.54) is 0 Å². The number of nitrogens with zero attached hydrogens (tertiary/aromatic N) is 1. The van der Waals surface area contributed by atoms with Gasteiger partial charge >= 0.3 is 0 Å². The average molecular weight is 307 g/mol. The molecule has 0 aliphatic carbocycles. The van der Waals surface area contributed by atoms with Gasteiger partial charge in [0.2, 0.25) is 0 Å². The van der Waals surface area contributed by atoms with Crippen molar-refractivity contribution in [3.05, 3.63) is 52.3 Å². The molecule has 2 rings (SSSR count). The van der Waals surface area contributed by atoms with Crippen LogP contribution < -0.4 is 5.32 Å². The number of nitrogens with one attached hydrogen (secondary N) is 1. The number of aryl methyl sites for hydroxylation is 1. The summed E-state index contributed by atoms with van der Waals surface area (Å²) in [4.78, 5) is 12.2. The van der Waals surface area contributed by atoms with E-state index in [1.807, 2.05) is 48.7 Å². The number of halogens is 1. The molecule has 1 amide bonds. The van der Waals surface area contributed by atoms with Crippen LogP contribution in [-0.2, 0) is 0 Å². The average Bonchev–Trinajstić information content (AvgIpc) is 2.76. The highest BCUT2D eigenvalue weighted by molar-refractivity contribution is 6.30. The first kappa shape index (κ1) is 15.6. The molecule has 2 aromatic rings. The zero-order valence-corrected chi connectivity index (χ0v) is 12.9. The summed E-state index contributed by atoms with van der Waals surface area (Å²) in [6, 6.07) is 9.39. The van der Waals surface area contributed by atoms with Crippen LogP contribution in [0.3, 0.4) is 0 Å². The lowest BCUT2D eigenvalue weighted by Crippen LogP contribution is -2.25. The Balaban J connectivity index is 2.29. The van der Waals surface area contributed by atoms with E-state index in [0.29, 0.717) is 23.6 Å². The Morgan fingerprint density at radius 1 is 1.29 bits per heavy atom. The minimum atomic E-state index is -0.114. The fraction of sp³-hybridized carbons (Fsp3) is 0.312. The second-order valence-electron chi connectivity index (χ2n) is 4.93. The SMILES string of the molecule is Cc1cc(C(=O)NCCCO)c(C)n1-c1ccc(Cl)cc1. The molecule has 5 heteroatoms. The topological polar surface area (TPSA) is 54.3 Å². The van der Waals surface area contributed by atoms with Crippen LogP contribution in [0, 0.1) is 13.8 Å². The van der Waals surface area contributed by atoms with Crippen LogP contribution in [0.5, 0.6) is 0 Å². The Bertz CT molecular complexity index is 632. The van der Waals surface area contributed by atoms with Crippen molar-refractivity contribution in [1.82, 2.24) is 9.88 Å². The maximum absolute atomic E-state index is 12.2. The molecule has 0 saturated carbocycles. The molecule has 0 bridgehead atoms. The van der Waals surface area contributed by atoms with Crippen molar-refractivity contribution in [2.75, 3.05) is 13.2 Å². The minimum absolute atomic E-state index is 0.0735. The highest BCUT2D eigenvalue weighted by Gasteiger charge is 2.16. The molecule has 1 heterocycles. The highest BCUT2D eigenvalue weighted by Crippen LogP contribution is 2.22. The predicted octanol–water partition coefficient (Wildman–Crippen LogP) is 2.86. The van der Waals surface area contributed by atoms with E-state index >= 15 is 0 Å². The minimum Gasteiger partial charge on any atom is -0.396 e. The Morgan fingerprint density at radius 3 is 2.57 bits per heavy atom. The Hall–Kier alpha value is -1.78. The van der Waals surface area contributed by atoms with Gasteiger partial charge < -0.3 is 15.0 Å². The number of aliphatic hydroxyl groups excluding tert-OH is 1. The van der Waals surface area contributed by atoms with Crippen LogP contribution >= 0.6 is 11.6 Å². The fourth-order valence-electron chi connectivity index (χ4n) is 2.36. The molecule has 1 aromatic carbocycles. The van der Waals surface area contributed by atoms with E-state index in [0.717, 1.165) is 17.1 Å². The van der Waals surface area contributed by atoms with Crippen LogP contribution in [0.4, 0.5) is 0 Å². The van der Waals surface area contributed by atoms with Gasteiger partial charge in [0, 0.05) is 35.2 Å². The number of carbonyl (C=O) groups is 1. The molecule has 1 aromatic heterocycles. The number of hydrogen-bond acceptors (Lipinski definition) is 2. The van der Waals surface area contributed by atoms with Crippen molar-refractivity contribution >= 4 is 17.5 Å². The van der Waals surface area contributed by atoms with Crippen molar-refractivity contribution in [2.24, 2.45) is 0 Å². The first-order chi connectivity index (χ1) is 10.0. The van der Waals surface area contributed by atoms with Crippen LogP contribution in [0.15, 0.2) is 30.3 Å². The van der Waals surface area contributed by atoms with E-state index in [1.54, 1.807) is 0 Å². The van der Waals surface area contributed by atoms with Crippen molar-refractivity contribution in [1.29, 1.82) is 0 Å². The summed E-state index contributed by atoms with van der Waals surface area (Å²) in [7, 11) is 0. The molecular formula is C16H19ClN2O2. The third-order valence-corrected chi connectivity index (χ3v) is 3.63. The largest absolute Gasteiger partial charge is 0.396 e. The molecule has 0 aliphatic rings. The number of benzene rings is 1. The maximum atomic E-state index is 12.2. The smallest absolute Gasteiger partial charge is 0.253 e. The van der Waals surface area contributed by atoms with Crippen LogP contribution in [0.2, 0.25) is 5.02 Å². The van der Waals surface area contributed by atoms with E-state index in [2.05, 4.69) is 5.32 Å². The van der Waals surface area contributed by atoms with Gasteiger partial charge in [-0.25, -0.2) is 0 Å². The van der Waals surface area contributed by atoms with Gasteiger partial charge in [0.1, 0.15) is 0 Å². The summed E-state index contributed by atoms with van der Waals surface area (Å²) in [5.41, 5.74) is 3.50. The van der Waals surface area contributed by atoms with Gasteiger partial charge in [0.15, 0.2) is 0 Å². The molecule has 21 heavy (non-hydrogen) atoms. The van der Waals surface area contributed by atoms with Crippen molar-refractivity contribution in [3.8, 4) is 5.69 Å². The number of amides is 1. The third kappa shape index (κ3) is 3.46. The van der Waals surface area contributed by atoms with E-state index in [4.69, 9.17) is 16.7 Å². The highest BCUT2D eigenvalue weighted by atomic mass is 35.5. The molecule has 0 atom stereocenters. The summed E-state index contributed by atoms with van der Waals surface area (Å²) in [6.45, 7) is 4.43. The molecule has 0 spiro atoms. The molecule has 2 N–H and O–H groups in total. The summed E-state index contributed by atoms with van der Waals surface area (Å²) < 4.78 is 2.03. The molecule has 0 saturated heterocycles. The predicted molar refractivity (Wildman–Crippen MR) is 84.3 cm³/mol. The van der Waals surface area contributed by atoms with Gasteiger partial charge in [-0.3, -0.25) is 4.79 Å². The van der Waals surface area contributed by atoms with Gasteiger partial charge in [-0.2, -0.15) is 0 Å². The Labute approximate surface area is 129 Å². The second-order valence-corrected chi connectivity index (χ2v) is 5.37. The number of aliphatic hydroxyl groups is 1. The lowest BCUT2D eigenvalue weighted by Gasteiger charge is -2.10. The Kier molecular flexibility index (Phi) is 5.04. The molecule has 112 valence electrons. The molecule has 0 fully saturated rings. The molecule has 4 nitrogen and oxygen atoms in total. The quantitative estimate of drug-likeness (QED) is 0.835. The standard InChI is InChI=1S/C16H19ClN2O2/c1-11-10-15(16(21)18-8-3-9-20)12(2)19(11)14-6-4-13(17)5-7-14/h4-7,10,20H,3,8-9H2,1-2H3,(H,18,21). The lowest BCUT2D eigenvalue weighted by molar-refractivity contribution is 0.0950. The number of rotatable bonds is 5. The second kappa shape index (κ2) is 6.78. The van der Waals surface area contributed by atoms with Crippen LogP contribution in [0.25, 0.3) is 5.69 Å². The summed E-state index contributed by atoms with van der Waals surface area (Å²) in [6.07, 6.45) is 0.557. The monoisotopic (exact) mass is 306 g/mol. The molecule has 0 unspecified atom stereocenters. The van der Waals surface area contributed by atoms with Gasteiger partial charge in [0.25, 0.3) is 5.91 Å². The first-order valence-electron chi connectivity index (χ1n) is 6.88. The van der Waals surface area contributed by atoms with Gasteiger partial charge in [-0.1, -0.05) is 11.6 Å². The molecular weight excluding hydrogens is 288 g/mol. The third-order valence-electron chi connectivity index (χ3n) is 3.38. The van der Waals surface area contributed by atoms with Crippen LogP contribution in [0.1, 0.15) is 28.2 Å². The summed E-state index contributed by atoms with van der Waals surface area (Å²) in [5.74, 6) is -0.114. The van der Waals surface area contributed by atoms with Gasteiger partial charge in [-0.15, -0.1) is 0 Å². The van der Waals surface area contributed by atoms with Gasteiger partial charge in [0.05, 0.1) is 5.56 Å².